The Kier molecular flexibility index (Phi) is 6.81. The van der Waals surface area contributed by atoms with E-state index in [0.29, 0.717) is 0 Å². The first-order valence-corrected chi connectivity index (χ1v) is 8.23. The normalized spacial score (nSPS) is 11.6. The van der Waals surface area contributed by atoms with Gasteiger partial charge in [0, 0.05) is 30.4 Å². The number of carbonyl (C=O) groups excluding carboxylic acids is 1. The maximum Gasteiger partial charge on any atom is 0.435 e. The Labute approximate surface area is 157 Å². The molecular formula is C17H18F5N3O3. The number of anilines is 1. The average molecular weight is 407 g/mol. The zero-order chi connectivity index (χ0) is 20.9. The first-order valence-electron chi connectivity index (χ1n) is 8.23. The fourth-order valence-corrected chi connectivity index (χ4v) is 2.35. The number of alkyl halides is 5. The van der Waals surface area contributed by atoms with Crippen molar-refractivity contribution in [1.82, 2.24) is 9.78 Å². The fraction of sp³-hybridized carbons (Fsp3) is 0.412. The Bertz CT molecular complexity index is 821. The summed E-state index contributed by atoms with van der Waals surface area (Å²) in [5.74, 6) is -0.645. The van der Waals surface area contributed by atoms with Gasteiger partial charge in [0.15, 0.2) is 17.2 Å². The maximum absolute atomic E-state index is 12.7. The van der Waals surface area contributed by atoms with Crippen LogP contribution in [0.2, 0.25) is 0 Å². The number of rotatable bonds is 8. The molecule has 0 saturated heterocycles. The Morgan fingerprint density at radius 3 is 2.54 bits per heavy atom. The Balaban J connectivity index is 2.01. The summed E-state index contributed by atoms with van der Waals surface area (Å²) in [6, 6.07) is 4.78. The summed E-state index contributed by atoms with van der Waals surface area (Å²) in [5.41, 5.74) is -0.489. The summed E-state index contributed by atoms with van der Waals surface area (Å²) in [6.45, 7) is 0.212. The molecule has 1 heterocycles. The fourth-order valence-electron chi connectivity index (χ4n) is 2.35. The van der Waals surface area contributed by atoms with Crippen LogP contribution in [0.25, 0.3) is 0 Å². The lowest BCUT2D eigenvalue weighted by Gasteiger charge is -2.13. The summed E-state index contributed by atoms with van der Waals surface area (Å²) in [7, 11) is 0. The van der Waals surface area contributed by atoms with Crippen molar-refractivity contribution in [2.75, 3.05) is 11.9 Å². The minimum absolute atomic E-state index is 0.0262. The molecule has 2 rings (SSSR count). The highest BCUT2D eigenvalue weighted by molar-refractivity contribution is 5.91. The molecule has 0 fully saturated rings. The Morgan fingerprint density at radius 2 is 1.96 bits per heavy atom. The number of hydrogen-bond donors (Lipinski definition) is 1. The molecule has 28 heavy (non-hydrogen) atoms. The van der Waals surface area contributed by atoms with Crippen LogP contribution in [0, 0.1) is 6.92 Å². The molecular weight excluding hydrogens is 389 g/mol. The molecule has 0 spiro atoms. The first-order chi connectivity index (χ1) is 13.1. The highest BCUT2D eigenvalue weighted by Gasteiger charge is 2.34. The Hall–Kier alpha value is -2.85. The number of benzene rings is 1. The lowest BCUT2D eigenvalue weighted by Crippen LogP contribution is -2.16. The molecule has 0 atom stereocenters. The van der Waals surface area contributed by atoms with Crippen LogP contribution in [-0.4, -0.2) is 28.9 Å². The van der Waals surface area contributed by atoms with Gasteiger partial charge < -0.3 is 14.8 Å². The van der Waals surface area contributed by atoms with Gasteiger partial charge in [0.1, 0.15) is 0 Å². The maximum atomic E-state index is 12.7. The van der Waals surface area contributed by atoms with Crippen LogP contribution < -0.4 is 14.8 Å². The summed E-state index contributed by atoms with van der Waals surface area (Å²) in [6.07, 6.45) is -4.70. The molecule has 0 saturated carbocycles. The number of nitrogens with one attached hydrogen (secondary N) is 1. The smallest absolute Gasteiger partial charge is 0.435 e. The van der Waals surface area contributed by atoms with Crippen molar-refractivity contribution in [2.45, 2.75) is 39.6 Å². The van der Waals surface area contributed by atoms with E-state index in [-0.39, 0.29) is 42.5 Å². The molecule has 154 valence electrons. The van der Waals surface area contributed by atoms with E-state index in [1.165, 1.54) is 25.1 Å². The molecule has 1 aromatic heterocycles. The third-order valence-electron chi connectivity index (χ3n) is 3.57. The van der Waals surface area contributed by atoms with Gasteiger partial charge in [0.25, 0.3) is 0 Å². The van der Waals surface area contributed by atoms with Gasteiger partial charge in [-0.2, -0.15) is 27.1 Å². The van der Waals surface area contributed by atoms with Gasteiger partial charge in [-0.1, -0.05) is 0 Å². The second kappa shape index (κ2) is 8.89. The van der Waals surface area contributed by atoms with E-state index in [1.807, 2.05) is 0 Å². The van der Waals surface area contributed by atoms with Crippen molar-refractivity contribution in [2.24, 2.45) is 0 Å². The second-order valence-electron chi connectivity index (χ2n) is 5.66. The van der Waals surface area contributed by atoms with E-state index in [4.69, 9.17) is 4.74 Å². The van der Waals surface area contributed by atoms with E-state index in [1.54, 1.807) is 6.92 Å². The van der Waals surface area contributed by atoms with Crippen molar-refractivity contribution < 1.29 is 36.2 Å². The van der Waals surface area contributed by atoms with E-state index < -0.39 is 24.4 Å². The highest BCUT2D eigenvalue weighted by atomic mass is 19.4. The summed E-state index contributed by atoms with van der Waals surface area (Å²) in [4.78, 5) is 12.1. The van der Waals surface area contributed by atoms with Gasteiger partial charge in [-0.3, -0.25) is 9.48 Å². The predicted octanol–water partition coefficient (Wildman–Crippen LogP) is 4.24. The molecule has 0 aliphatic rings. The first kappa shape index (κ1) is 21.5. The standard InChI is InChI=1S/C17H18F5N3O3/c1-3-27-13-9-11(4-5-12(13)28-16(18)19)23-15(26)6-7-25-10(2)8-14(24-25)17(20,21)22/h4-5,8-9,16H,3,6-7H2,1-2H3,(H,23,26). The SMILES string of the molecule is CCOc1cc(NC(=O)CCn2nc(C(F)(F)F)cc2C)ccc1OC(F)F. The number of carbonyl (C=O) groups is 1. The zero-order valence-electron chi connectivity index (χ0n) is 15.0. The van der Waals surface area contributed by atoms with Crippen LogP contribution in [0.1, 0.15) is 24.7 Å². The molecule has 0 aliphatic heterocycles. The molecule has 6 nitrogen and oxygen atoms in total. The molecule has 0 radical (unpaired) electrons. The van der Waals surface area contributed by atoms with Crippen LogP contribution in [0.4, 0.5) is 27.6 Å². The van der Waals surface area contributed by atoms with Crippen molar-refractivity contribution >= 4 is 11.6 Å². The summed E-state index contributed by atoms with van der Waals surface area (Å²) >= 11 is 0. The molecule has 0 aliphatic carbocycles. The molecule has 0 unspecified atom stereocenters. The van der Waals surface area contributed by atoms with Crippen molar-refractivity contribution in [1.29, 1.82) is 0 Å². The number of aryl methyl sites for hydroxylation is 2. The third kappa shape index (κ3) is 5.83. The van der Waals surface area contributed by atoms with Gasteiger partial charge >= 0.3 is 12.8 Å². The number of hydrogen-bond acceptors (Lipinski definition) is 4. The van der Waals surface area contributed by atoms with Crippen LogP contribution in [-0.2, 0) is 17.5 Å². The van der Waals surface area contributed by atoms with Crippen LogP contribution in [0.15, 0.2) is 24.3 Å². The second-order valence-corrected chi connectivity index (χ2v) is 5.66. The molecule has 1 N–H and O–H groups in total. The molecule has 1 amide bonds. The zero-order valence-corrected chi connectivity index (χ0v) is 15.0. The van der Waals surface area contributed by atoms with E-state index in [2.05, 4.69) is 15.2 Å². The number of aromatic nitrogens is 2. The van der Waals surface area contributed by atoms with Crippen LogP contribution in [0.3, 0.4) is 0 Å². The largest absolute Gasteiger partial charge is 0.490 e. The third-order valence-corrected chi connectivity index (χ3v) is 3.57. The Morgan fingerprint density at radius 1 is 1.25 bits per heavy atom. The number of amides is 1. The predicted molar refractivity (Wildman–Crippen MR) is 89.5 cm³/mol. The number of ether oxygens (including phenoxy) is 2. The summed E-state index contributed by atoms with van der Waals surface area (Å²) < 4.78 is 73.4. The van der Waals surface area contributed by atoms with Crippen molar-refractivity contribution in [3.05, 3.63) is 35.7 Å². The van der Waals surface area contributed by atoms with Gasteiger partial charge in [-0.25, -0.2) is 0 Å². The average Bonchev–Trinajstić information content (AvgIpc) is 2.96. The van der Waals surface area contributed by atoms with Crippen LogP contribution in [0.5, 0.6) is 11.5 Å². The highest BCUT2D eigenvalue weighted by Crippen LogP contribution is 2.32. The van der Waals surface area contributed by atoms with Gasteiger partial charge in [-0.15, -0.1) is 0 Å². The van der Waals surface area contributed by atoms with Crippen LogP contribution >= 0.6 is 0 Å². The van der Waals surface area contributed by atoms with E-state index >= 15 is 0 Å². The lowest BCUT2D eigenvalue weighted by molar-refractivity contribution is -0.141. The lowest BCUT2D eigenvalue weighted by atomic mass is 10.2. The minimum atomic E-state index is -4.56. The molecule has 1 aromatic carbocycles. The quantitative estimate of drug-likeness (QED) is 0.665. The van der Waals surface area contributed by atoms with Gasteiger partial charge in [0.2, 0.25) is 5.91 Å². The number of halogens is 5. The molecule has 11 heteroatoms. The summed E-state index contributed by atoms with van der Waals surface area (Å²) in [5, 5.41) is 5.96. The monoisotopic (exact) mass is 407 g/mol. The number of nitrogens with zero attached hydrogens (tertiary/aromatic N) is 2. The van der Waals surface area contributed by atoms with Gasteiger partial charge in [0.05, 0.1) is 6.61 Å². The van der Waals surface area contributed by atoms with E-state index in [0.717, 1.165) is 10.7 Å². The topological polar surface area (TPSA) is 65.4 Å². The molecule has 2 aromatic rings. The van der Waals surface area contributed by atoms with Crippen molar-refractivity contribution in [3.63, 3.8) is 0 Å². The van der Waals surface area contributed by atoms with E-state index in [9.17, 15) is 26.7 Å². The minimum Gasteiger partial charge on any atom is -0.490 e. The molecule has 0 bridgehead atoms. The van der Waals surface area contributed by atoms with Crippen molar-refractivity contribution in [3.8, 4) is 11.5 Å². The van der Waals surface area contributed by atoms with Gasteiger partial charge in [-0.05, 0) is 32.0 Å².